The molecule has 0 heterocycles. The fourth-order valence-corrected chi connectivity index (χ4v) is 4.28. The van der Waals surface area contributed by atoms with Crippen molar-refractivity contribution in [1.29, 1.82) is 0 Å². The number of benzene rings is 4. The van der Waals surface area contributed by atoms with Crippen LogP contribution in [0, 0.1) is 0 Å². The summed E-state index contributed by atoms with van der Waals surface area (Å²) in [6, 6.07) is 58.7. The molecule has 0 aliphatic heterocycles. The van der Waals surface area contributed by atoms with Gasteiger partial charge >= 0.3 is 37.1 Å². The molecule has 8 rings (SSSR count). The van der Waals surface area contributed by atoms with Crippen molar-refractivity contribution in [3.05, 3.63) is 170 Å². The molecule has 0 bridgehead atoms. The van der Waals surface area contributed by atoms with Gasteiger partial charge in [-0.05, 0) is 0 Å². The molecule has 0 N–H and O–H groups in total. The summed E-state index contributed by atoms with van der Waals surface area (Å²) in [7, 11) is 0. The molecule has 0 atom stereocenters. The molecule has 0 spiro atoms. The molecule has 198 valence electrons. The van der Waals surface area contributed by atoms with Gasteiger partial charge in [0.05, 0.1) is 0 Å². The summed E-state index contributed by atoms with van der Waals surface area (Å²) < 4.78 is 0. The van der Waals surface area contributed by atoms with Crippen LogP contribution in [0.15, 0.2) is 170 Å². The van der Waals surface area contributed by atoms with E-state index in [0.717, 1.165) is 0 Å². The minimum Gasteiger partial charge on any atom is -1.00 e. The Morgan fingerprint density at radius 2 is 0.475 bits per heavy atom. The Bertz CT molecular complexity index is 1380. The second kappa shape index (κ2) is 18.4. The van der Waals surface area contributed by atoms with Crippen LogP contribution < -0.4 is 24.8 Å². The predicted molar refractivity (Wildman–Crippen MR) is 158 cm³/mol. The SMILES string of the molecule is [Cl-].[Cl-].[V+2].[V+2].c1ccc2[cH-]ccc2c1.c1ccc2[cH-]ccc2c1.c1ccc2[cH-]ccc2c1.c1ccc2[cH-]ccc2c1. The van der Waals surface area contributed by atoms with E-state index in [2.05, 4.69) is 170 Å². The van der Waals surface area contributed by atoms with Crippen molar-refractivity contribution in [3.63, 3.8) is 0 Å². The number of hydrogen-bond donors (Lipinski definition) is 0. The Kier molecular flexibility index (Phi) is 16.2. The van der Waals surface area contributed by atoms with Gasteiger partial charge in [-0.3, -0.25) is 0 Å². The zero-order valence-electron chi connectivity index (χ0n) is 21.8. The monoisotopic (exact) mass is 632 g/mol. The molecule has 8 aromatic carbocycles. The van der Waals surface area contributed by atoms with Crippen molar-refractivity contribution in [3.8, 4) is 0 Å². The van der Waals surface area contributed by atoms with Crippen LogP contribution in [0.25, 0.3) is 43.1 Å². The van der Waals surface area contributed by atoms with Gasteiger partial charge in [-0.2, -0.15) is 70.1 Å². The average molecular weight is 633 g/mol. The quantitative estimate of drug-likeness (QED) is 0.220. The molecule has 0 aliphatic carbocycles. The van der Waals surface area contributed by atoms with E-state index in [0.29, 0.717) is 0 Å². The fraction of sp³-hybridized carbons (Fsp3) is 0. The summed E-state index contributed by atoms with van der Waals surface area (Å²) in [5.41, 5.74) is 0. The predicted octanol–water partition coefficient (Wildman–Crippen LogP) is 4.24. The Labute approximate surface area is 273 Å². The van der Waals surface area contributed by atoms with Gasteiger partial charge in [0.15, 0.2) is 0 Å². The Morgan fingerprint density at radius 1 is 0.275 bits per heavy atom. The van der Waals surface area contributed by atoms with Gasteiger partial charge < -0.3 is 24.8 Å². The Hall–Kier alpha value is -2.93. The van der Waals surface area contributed by atoms with Crippen molar-refractivity contribution < 1.29 is 61.9 Å². The van der Waals surface area contributed by atoms with E-state index in [-0.39, 0.29) is 61.9 Å². The minimum absolute atomic E-state index is 0. The summed E-state index contributed by atoms with van der Waals surface area (Å²) in [4.78, 5) is 0. The summed E-state index contributed by atoms with van der Waals surface area (Å²) >= 11 is 0. The van der Waals surface area contributed by atoms with Crippen molar-refractivity contribution in [2.24, 2.45) is 0 Å². The van der Waals surface area contributed by atoms with Gasteiger partial charge in [-0.15, -0.1) is 119 Å². The molecule has 0 aromatic heterocycles. The van der Waals surface area contributed by atoms with Crippen LogP contribution in [0.3, 0.4) is 0 Å². The molecular formula is C36H28Cl2V2-2. The first-order valence-corrected chi connectivity index (χ1v) is 12.3. The Balaban J connectivity index is 0.000000258. The maximum absolute atomic E-state index is 2.12. The topological polar surface area (TPSA) is 0 Å². The third-order valence-electron chi connectivity index (χ3n) is 6.19. The Morgan fingerprint density at radius 3 is 0.675 bits per heavy atom. The van der Waals surface area contributed by atoms with Gasteiger partial charge in [0.25, 0.3) is 0 Å². The van der Waals surface area contributed by atoms with E-state index >= 15 is 0 Å². The summed E-state index contributed by atoms with van der Waals surface area (Å²) in [5.74, 6) is 0. The largest absolute Gasteiger partial charge is 2.00 e. The van der Waals surface area contributed by atoms with Crippen LogP contribution in [-0.2, 0) is 37.1 Å². The smallest absolute Gasteiger partial charge is 1.00 e. The molecular weight excluding hydrogens is 605 g/mol. The van der Waals surface area contributed by atoms with Crippen LogP contribution in [0.1, 0.15) is 0 Å². The minimum atomic E-state index is 0. The fourth-order valence-electron chi connectivity index (χ4n) is 4.28. The van der Waals surface area contributed by atoms with Crippen LogP contribution in [0.4, 0.5) is 0 Å². The molecule has 4 heteroatoms. The standard InChI is InChI=1S/4C9H7.2ClH.2V/c4*1-2-5-9-7-3-6-8(9)4-1;;;;/h4*1-7H;2*1H;;/q4*-1;;;2*+2/p-2. The molecule has 0 fully saturated rings. The van der Waals surface area contributed by atoms with Crippen molar-refractivity contribution >= 4 is 43.1 Å². The van der Waals surface area contributed by atoms with Gasteiger partial charge in [0.1, 0.15) is 0 Å². The molecule has 40 heavy (non-hydrogen) atoms. The van der Waals surface area contributed by atoms with E-state index in [1.807, 2.05) is 0 Å². The van der Waals surface area contributed by atoms with Gasteiger partial charge in [0, 0.05) is 0 Å². The first-order chi connectivity index (χ1) is 17.9. The second-order valence-electron chi connectivity index (χ2n) is 8.62. The molecule has 0 unspecified atom stereocenters. The maximum atomic E-state index is 2.12. The number of rotatable bonds is 0. The third-order valence-corrected chi connectivity index (χ3v) is 6.19. The van der Waals surface area contributed by atoms with E-state index in [9.17, 15) is 0 Å². The van der Waals surface area contributed by atoms with E-state index in [1.54, 1.807) is 0 Å². The maximum Gasteiger partial charge on any atom is 2.00 e. The van der Waals surface area contributed by atoms with Gasteiger partial charge in [-0.1, -0.05) is 24.3 Å². The van der Waals surface area contributed by atoms with Crippen molar-refractivity contribution in [1.82, 2.24) is 0 Å². The van der Waals surface area contributed by atoms with E-state index < -0.39 is 0 Å². The van der Waals surface area contributed by atoms with Crippen LogP contribution in [0.2, 0.25) is 0 Å². The number of halogens is 2. The normalized spacial score (nSPS) is 9.20. The number of hydrogen-bond acceptors (Lipinski definition) is 0. The van der Waals surface area contributed by atoms with Crippen molar-refractivity contribution in [2.75, 3.05) is 0 Å². The van der Waals surface area contributed by atoms with Crippen LogP contribution in [-0.4, -0.2) is 0 Å². The third kappa shape index (κ3) is 9.61. The van der Waals surface area contributed by atoms with Crippen molar-refractivity contribution in [2.45, 2.75) is 0 Å². The van der Waals surface area contributed by atoms with Gasteiger partial charge in [-0.25, -0.2) is 0 Å². The van der Waals surface area contributed by atoms with E-state index in [1.165, 1.54) is 43.1 Å². The average Bonchev–Trinajstić information content (AvgIpc) is 3.76. The molecule has 0 saturated carbocycles. The first kappa shape index (κ1) is 35.1. The number of fused-ring (bicyclic) bond motifs is 4. The zero-order valence-corrected chi connectivity index (χ0v) is 26.1. The molecule has 0 saturated heterocycles. The summed E-state index contributed by atoms with van der Waals surface area (Å²) in [6.07, 6.45) is 0. The van der Waals surface area contributed by atoms with E-state index in [4.69, 9.17) is 0 Å². The molecule has 0 nitrogen and oxygen atoms in total. The van der Waals surface area contributed by atoms with Gasteiger partial charge in [0.2, 0.25) is 0 Å². The second-order valence-corrected chi connectivity index (χ2v) is 8.62. The van der Waals surface area contributed by atoms with Crippen LogP contribution >= 0.6 is 0 Å². The molecule has 0 amide bonds. The molecule has 2 radical (unpaired) electrons. The molecule has 0 aliphatic rings. The zero-order chi connectivity index (χ0) is 24.4. The van der Waals surface area contributed by atoms with Crippen LogP contribution in [0.5, 0.6) is 0 Å². The first-order valence-electron chi connectivity index (χ1n) is 12.3. The summed E-state index contributed by atoms with van der Waals surface area (Å²) in [5, 5.41) is 10.6. The molecule has 8 aromatic rings. The summed E-state index contributed by atoms with van der Waals surface area (Å²) in [6.45, 7) is 0.